The fraction of sp³-hybridized carbons (Fsp3) is 0.438. The van der Waals surface area contributed by atoms with Gasteiger partial charge in [0.1, 0.15) is 0 Å². The molecule has 1 aromatic carbocycles. The molecule has 0 amide bonds. The van der Waals surface area contributed by atoms with Gasteiger partial charge in [-0.05, 0) is 57.5 Å². The topological polar surface area (TPSA) is 29.9 Å². The molecule has 1 heterocycles. The molecular formula is C16H22BrN3. The molecule has 0 aliphatic rings. The van der Waals surface area contributed by atoms with Gasteiger partial charge in [-0.1, -0.05) is 28.1 Å². The molecule has 0 saturated carbocycles. The zero-order chi connectivity index (χ0) is 14.5. The zero-order valence-corrected chi connectivity index (χ0v) is 13.9. The molecule has 0 spiro atoms. The fourth-order valence-corrected chi connectivity index (χ4v) is 2.76. The van der Waals surface area contributed by atoms with E-state index in [0.29, 0.717) is 6.04 Å². The maximum absolute atomic E-state index is 4.48. The number of aromatic nitrogens is 2. The summed E-state index contributed by atoms with van der Waals surface area (Å²) in [4.78, 5) is 0. The molecule has 0 saturated heterocycles. The summed E-state index contributed by atoms with van der Waals surface area (Å²) in [5, 5.41) is 8.04. The van der Waals surface area contributed by atoms with Crippen LogP contribution in [0.5, 0.6) is 0 Å². The predicted octanol–water partition coefficient (Wildman–Crippen LogP) is 4.00. The molecule has 0 bridgehead atoms. The minimum absolute atomic E-state index is 0.368. The maximum atomic E-state index is 4.48. The van der Waals surface area contributed by atoms with Crippen LogP contribution < -0.4 is 5.32 Å². The third kappa shape index (κ3) is 4.18. The zero-order valence-electron chi connectivity index (χ0n) is 12.4. The molecule has 0 aliphatic heterocycles. The van der Waals surface area contributed by atoms with E-state index in [4.69, 9.17) is 0 Å². The van der Waals surface area contributed by atoms with Crippen LogP contribution in [0.1, 0.15) is 36.3 Å². The van der Waals surface area contributed by atoms with Crippen LogP contribution in [0.2, 0.25) is 0 Å². The number of nitrogens with zero attached hydrogens (tertiary/aromatic N) is 2. The molecule has 108 valence electrons. The average molecular weight is 336 g/mol. The van der Waals surface area contributed by atoms with Crippen LogP contribution in [0.25, 0.3) is 0 Å². The van der Waals surface area contributed by atoms with Gasteiger partial charge >= 0.3 is 0 Å². The lowest BCUT2D eigenvalue weighted by molar-refractivity contribution is 0.500. The molecule has 2 rings (SSSR count). The van der Waals surface area contributed by atoms with Crippen LogP contribution in [-0.2, 0) is 6.54 Å². The quantitative estimate of drug-likeness (QED) is 0.808. The number of rotatable bonds is 6. The highest BCUT2D eigenvalue weighted by Gasteiger charge is 2.05. The van der Waals surface area contributed by atoms with Crippen molar-refractivity contribution in [3.8, 4) is 0 Å². The third-order valence-corrected chi connectivity index (χ3v) is 3.94. The van der Waals surface area contributed by atoms with Crippen molar-refractivity contribution in [1.29, 1.82) is 0 Å². The first-order valence-electron chi connectivity index (χ1n) is 7.06. The summed E-state index contributed by atoms with van der Waals surface area (Å²) in [6.45, 7) is 8.31. The van der Waals surface area contributed by atoms with Crippen molar-refractivity contribution in [3.63, 3.8) is 0 Å². The number of nitrogens with one attached hydrogen (secondary N) is 1. The second-order valence-electron chi connectivity index (χ2n) is 5.23. The van der Waals surface area contributed by atoms with Crippen molar-refractivity contribution in [2.24, 2.45) is 0 Å². The third-order valence-electron chi connectivity index (χ3n) is 3.45. The van der Waals surface area contributed by atoms with Gasteiger partial charge in [-0.15, -0.1) is 0 Å². The number of hydrogen-bond donors (Lipinski definition) is 1. The van der Waals surface area contributed by atoms with Crippen molar-refractivity contribution < 1.29 is 0 Å². The van der Waals surface area contributed by atoms with Crippen LogP contribution >= 0.6 is 15.9 Å². The van der Waals surface area contributed by atoms with Crippen molar-refractivity contribution >= 4 is 15.9 Å². The van der Waals surface area contributed by atoms with Crippen LogP contribution in [0, 0.1) is 13.8 Å². The number of aryl methyl sites for hydroxylation is 3. The van der Waals surface area contributed by atoms with Gasteiger partial charge in [-0.25, -0.2) is 0 Å². The molecule has 2 aromatic rings. The van der Waals surface area contributed by atoms with Crippen molar-refractivity contribution in [3.05, 3.63) is 51.8 Å². The minimum atomic E-state index is 0.368. The fourth-order valence-electron chi connectivity index (χ4n) is 2.34. The van der Waals surface area contributed by atoms with E-state index >= 15 is 0 Å². The van der Waals surface area contributed by atoms with Crippen LogP contribution in [0.15, 0.2) is 34.8 Å². The number of hydrogen-bond acceptors (Lipinski definition) is 2. The Balaban J connectivity index is 1.77. The molecular weight excluding hydrogens is 314 g/mol. The van der Waals surface area contributed by atoms with Crippen LogP contribution in [-0.4, -0.2) is 16.3 Å². The van der Waals surface area contributed by atoms with E-state index in [-0.39, 0.29) is 0 Å². The summed E-state index contributed by atoms with van der Waals surface area (Å²) in [6.07, 6.45) is 1.08. The van der Waals surface area contributed by atoms with E-state index in [1.165, 1.54) is 11.3 Å². The van der Waals surface area contributed by atoms with Gasteiger partial charge in [0.2, 0.25) is 0 Å². The molecule has 0 aliphatic carbocycles. The van der Waals surface area contributed by atoms with E-state index in [0.717, 1.165) is 29.7 Å². The summed E-state index contributed by atoms with van der Waals surface area (Å²) < 4.78 is 3.21. The van der Waals surface area contributed by atoms with Crippen LogP contribution in [0.4, 0.5) is 0 Å². The highest BCUT2D eigenvalue weighted by Crippen LogP contribution is 2.17. The summed E-state index contributed by atoms with van der Waals surface area (Å²) >= 11 is 3.51. The summed E-state index contributed by atoms with van der Waals surface area (Å²) in [5.74, 6) is 0. The van der Waals surface area contributed by atoms with Gasteiger partial charge in [0.15, 0.2) is 0 Å². The van der Waals surface area contributed by atoms with Crippen LogP contribution in [0.3, 0.4) is 0 Å². The van der Waals surface area contributed by atoms with Gasteiger partial charge in [0, 0.05) is 22.8 Å². The van der Waals surface area contributed by atoms with E-state index < -0.39 is 0 Å². The molecule has 0 radical (unpaired) electrons. The van der Waals surface area contributed by atoms with E-state index in [2.05, 4.69) is 75.2 Å². The van der Waals surface area contributed by atoms with Gasteiger partial charge in [0.25, 0.3) is 0 Å². The van der Waals surface area contributed by atoms with E-state index in [1.807, 2.05) is 6.92 Å². The standard InChI is InChI=1S/C16H22BrN3/c1-12-10-13(2)20(19-12)9-5-8-18-14(3)15-6-4-7-16(17)11-15/h4,6-7,10-11,14,18H,5,8-9H2,1-3H3. The lowest BCUT2D eigenvalue weighted by Gasteiger charge is -2.14. The normalized spacial score (nSPS) is 12.6. The Hall–Kier alpha value is -1.13. The van der Waals surface area contributed by atoms with Gasteiger partial charge < -0.3 is 5.32 Å². The second kappa shape index (κ2) is 7.04. The lowest BCUT2D eigenvalue weighted by atomic mass is 10.1. The molecule has 1 N–H and O–H groups in total. The first kappa shape index (κ1) is 15.3. The molecule has 4 heteroatoms. The highest BCUT2D eigenvalue weighted by atomic mass is 79.9. The Bertz CT molecular complexity index is 563. The Morgan fingerprint density at radius 3 is 2.75 bits per heavy atom. The Kier molecular flexibility index (Phi) is 5.38. The van der Waals surface area contributed by atoms with Crippen molar-refractivity contribution in [1.82, 2.24) is 15.1 Å². The van der Waals surface area contributed by atoms with Crippen molar-refractivity contribution in [2.45, 2.75) is 39.8 Å². The molecule has 1 unspecified atom stereocenters. The summed E-state index contributed by atoms with van der Waals surface area (Å²) in [6, 6.07) is 10.9. The first-order valence-corrected chi connectivity index (χ1v) is 7.85. The van der Waals surface area contributed by atoms with Crippen molar-refractivity contribution in [2.75, 3.05) is 6.54 Å². The Morgan fingerprint density at radius 1 is 1.30 bits per heavy atom. The lowest BCUT2D eigenvalue weighted by Crippen LogP contribution is -2.21. The van der Waals surface area contributed by atoms with Gasteiger partial charge in [0.05, 0.1) is 5.69 Å². The Morgan fingerprint density at radius 2 is 2.10 bits per heavy atom. The average Bonchev–Trinajstić information content (AvgIpc) is 2.73. The smallest absolute Gasteiger partial charge is 0.0596 e. The summed E-state index contributed by atoms with van der Waals surface area (Å²) in [5.41, 5.74) is 3.64. The number of benzene rings is 1. The SMILES string of the molecule is Cc1cc(C)n(CCCNC(C)c2cccc(Br)c2)n1. The van der Waals surface area contributed by atoms with Gasteiger partial charge in [-0.3, -0.25) is 4.68 Å². The predicted molar refractivity (Wildman–Crippen MR) is 86.9 cm³/mol. The van der Waals surface area contributed by atoms with Gasteiger partial charge in [-0.2, -0.15) is 5.10 Å². The Labute approximate surface area is 129 Å². The second-order valence-corrected chi connectivity index (χ2v) is 6.15. The number of halogens is 1. The maximum Gasteiger partial charge on any atom is 0.0596 e. The summed E-state index contributed by atoms with van der Waals surface area (Å²) in [7, 11) is 0. The first-order chi connectivity index (χ1) is 9.56. The minimum Gasteiger partial charge on any atom is -0.310 e. The van der Waals surface area contributed by atoms with E-state index in [9.17, 15) is 0 Å². The monoisotopic (exact) mass is 335 g/mol. The largest absolute Gasteiger partial charge is 0.310 e. The molecule has 1 atom stereocenters. The molecule has 20 heavy (non-hydrogen) atoms. The molecule has 0 fully saturated rings. The highest BCUT2D eigenvalue weighted by molar-refractivity contribution is 9.10. The van der Waals surface area contributed by atoms with E-state index in [1.54, 1.807) is 0 Å². The molecule has 3 nitrogen and oxygen atoms in total. The molecule has 1 aromatic heterocycles.